The number of benzene rings is 2. The number of anilines is 3. The Morgan fingerprint density at radius 3 is 2.52 bits per heavy atom. The van der Waals surface area contributed by atoms with Crippen LogP contribution in [0.3, 0.4) is 0 Å². The number of carbonyl (C=O) groups is 1. The fourth-order valence-electron chi connectivity index (χ4n) is 3.02. The Hall–Kier alpha value is -3.35. The van der Waals surface area contributed by atoms with Crippen molar-refractivity contribution in [1.29, 1.82) is 0 Å². The van der Waals surface area contributed by atoms with Crippen molar-refractivity contribution in [2.45, 2.75) is 20.0 Å². The average Bonchev–Trinajstić information content (AvgIpc) is 2.68. The molecule has 0 bridgehead atoms. The third kappa shape index (κ3) is 4.74. The molecule has 0 aliphatic rings. The highest BCUT2D eigenvalue weighted by Crippen LogP contribution is 2.35. The third-order valence-electron chi connectivity index (χ3n) is 4.37. The molecule has 0 saturated carbocycles. The molecule has 150 valence electrons. The maximum Gasteiger partial charge on any atom is 0.418 e. The monoisotopic (exact) mass is 399 g/mol. The number of pyridine rings is 1. The van der Waals surface area contributed by atoms with E-state index in [2.05, 4.69) is 10.3 Å². The lowest BCUT2D eigenvalue weighted by molar-refractivity contribution is -0.136. The molecular weight excluding hydrogens is 379 g/mol. The number of hydrogen-bond donors (Lipinski definition) is 1. The van der Waals surface area contributed by atoms with Gasteiger partial charge in [-0.05, 0) is 49.7 Å². The molecule has 2 aromatic carbocycles. The average molecular weight is 399 g/mol. The van der Waals surface area contributed by atoms with Gasteiger partial charge in [0.25, 0.3) is 5.91 Å². The van der Waals surface area contributed by atoms with Crippen molar-refractivity contribution in [2.75, 3.05) is 16.8 Å². The summed E-state index contributed by atoms with van der Waals surface area (Å²) in [5, 5.41) is 2.73. The Kier molecular flexibility index (Phi) is 5.87. The van der Waals surface area contributed by atoms with E-state index in [1.54, 1.807) is 4.90 Å². The number of hydrogen-bond acceptors (Lipinski definition) is 3. The molecule has 1 heterocycles. The van der Waals surface area contributed by atoms with Crippen molar-refractivity contribution in [2.24, 2.45) is 0 Å². The minimum Gasteiger partial charge on any atom is -0.354 e. The minimum absolute atomic E-state index is 0.0996. The first kappa shape index (κ1) is 20.4. The summed E-state index contributed by atoms with van der Waals surface area (Å²) in [5.41, 5.74) is 1.46. The lowest BCUT2D eigenvalue weighted by atomic mass is 10.1. The van der Waals surface area contributed by atoms with Crippen molar-refractivity contribution in [3.8, 4) is 0 Å². The van der Waals surface area contributed by atoms with Crippen LogP contribution in [0.1, 0.15) is 28.4 Å². The Balaban J connectivity index is 1.89. The first-order valence-corrected chi connectivity index (χ1v) is 9.06. The van der Waals surface area contributed by atoms with Gasteiger partial charge in [-0.2, -0.15) is 13.2 Å². The maximum absolute atomic E-state index is 13.2. The van der Waals surface area contributed by atoms with Gasteiger partial charge in [0.15, 0.2) is 0 Å². The second kappa shape index (κ2) is 8.34. The van der Waals surface area contributed by atoms with Gasteiger partial charge in [0.2, 0.25) is 0 Å². The number of nitrogens with zero attached hydrogens (tertiary/aromatic N) is 2. The fraction of sp³-hybridized carbons (Fsp3) is 0.182. The Morgan fingerprint density at radius 1 is 1.07 bits per heavy atom. The summed E-state index contributed by atoms with van der Waals surface area (Å²) in [6.07, 6.45) is -1.71. The molecule has 29 heavy (non-hydrogen) atoms. The summed E-state index contributed by atoms with van der Waals surface area (Å²) >= 11 is 0. The van der Waals surface area contributed by atoms with E-state index in [0.717, 1.165) is 17.3 Å². The molecule has 0 fully saturated rings. The van der Waals surface area contributed by atoms with E-state index in [4.69, 9.17) is 0 Å². The highest BCUT2D eigenvalue weighted by atomic mass is 19.4. The van der Waals surface area contributed by atoms with Crippen molar-refractivity contribution < 1.29 is 18.0 Å². The summed E-state index contributed by atoms with van der Waals surface area (Å²) in [6.45, 7) is 4.23. The molecule has 1 amide bonds. The zero-order valence-electron chi connectivity index (χ0n) is 16.0. The highest BCUT2D eigenvalue weighted by Gasteiger charge is 2.33. The molecule has 0 unspecified atom stereocenters. The minimum atomic E-state index is -4.49. The molecular formula is C22H20F3N3O. The zero-order valence-corrected chi connectivity index (χ0v) is 16.0. The van der Waals surface area contributed by atoms with Gasteiger partial charge in [0.05, 0.1) is 28.7 Å². The lowest BCUT2D eigenvalue weighted by Crippen LogP contribution is -2.30. The number of aromatic nitrogens is 1. The summed E-state index contributed by atoms with van der Waals surface area (Å²) in [4.78, 5) is 18.6. The van der Waals surface area contributed by atoms with Gasteiger partial charge in [-0.1, -0.05) is 24.3 Å². The molecule has 0 radical (unpaired) electrons. The number of halogens is 3. The summed E-state index contributed by atoms with van der Waals surface area (Å²) in [7, 11) is 0. The third-order valence-corrected chi connectivity index (χ3v) is 4.37. The van der Waals surface area contributed by atoms with Gasteiger partial charge in [0.1, 0.15) is 0 Å². The normalized spacial score (nSPS) is 11.2. The standard InChI is InChI=1S/C22H20F3N3O/c1-3-28(18-8-6-7-15(2)11-18)21(29)16-12-17(14-26-13-16)27-20-10-5-4-9-19(20)22(23,24)25/h4-14,27H,3H2,1-2H3. The van der Waals surface area contributed by atoms with E-state index in [1.165, 1.54) is 36.7 Å². The Bertz CT molecular complexity index is 1020. The molecule has 1 aromatic heterocycles. The number of rotatable bonds is 5. The van der Waals surface area contributed by atoms with E-state index in [1.807, 2.05) is 38.1 Å². The van der Waals surface area contributed by atoms with Crippen LogP contribution >= 0.6 is 0 Å². The molecule has 3 aromatic rings. The van der Waals surface area contributed by atoms with Crippen LogP contribution in [0.25, 0.3) is 0 Å². The van der Waals surface area contributed by atoms with Crippen LogP contribution in [0.15, 0.2) is 67.0 Å². The molecule has 0 aliphatic carbocycles. The van der Waals surface area contributed by atoms with Crippen molar-refractivity contribution in [3.63, 3.8) is 0 Å². The summed E-state index contributed by atoms with van der Waals surface area (Å²) in [5.74, 6) is -0.279. The molecule has 4 nitrogen and oxygen atoms in total. The van der Waals surface area contributed by atoms with E-state index >= 15 is 0 Å². The van der Waals surface area contributed by atoms with Gasteiger partial charge < -0.3 is 10.2 Å². The predicted molar refractivity (Wildman–Crippen MR) is 107 cm³/mol. The zero-order chi connectivity index (χ0) is 21.0. The van der Waals surface area contributed by atoms with Gasteiger partial charge in [0, 0.05) is 18.4 Å². The maximum atomic E-state index is 13.2. The molecule has 0 atom stereocenters. The molecule has 0 aliphatic heterocycles. The number of nitrogens with one attached hydrogen (secondary N) is 1. The first-order valence-electron chi connectivity index (χ1n) is 9.06. The Labute approximate surface area is 167 Å². The molecule has 7 heteroatoms. The van der Waals surface area contributed by atoms with E-state index in [0.29, 0.717) is 12.2 Å². The van der Waals surface area contributed by atoms with Crippen LogP contribution in [0.2, 0.25) is 0 Å². The van der Waals surface area contributed by atoms with Gasteiger partial charge in [-0.25, -0.2) is 0 Å². The van der Waals surface area contributed by atoms with Gasteiger partial charge in [-0.15, -0.1) is 0 Å². The molecule has 0 saturated heterocycles. The van der Waals surface area contributed by atoms with Crippen LogP contribution in [0.4, 0.5) is 30.2 Å². The van der Waals surface area contributed by atoms with E-state index in [9.17, 15) is 18.0 Å². The van der Waals surface area contributed by atoms with Crippen molar-refractivity contribution in [3.05, 3.63) is 83.7 Å². The quantitative estimate of drug-likeness (QED) is 0.588. The number of para-hydroxylation sites is 1. The van der Waals surface area contributed by atoms with Crippen LogP contribution < -0.4 is 10.2 Å². The molecule has 3 rings (SSSR count). The predicted octanol–water partition coefficient (Wildman–Crippen LogP) is 5.82. The SMILES string of the molecule is CCN(C(=O)c1cncc(Nc2ccccc2C(F)(F)F)c1)c1cccc(C)c1. The topological polar surface area (TPSA) is 45.2 Å². The fourth-order valence-corrected chi connectivity index (χ4v) is 3.02. The van der Waals surface area contributed by atoms with Crippen LogP contribution in [-0.4, -0.2) is 17.4 Å². The molecule has 0 spiro atoms. The number of aryl methyl sites for hydroxylation is 1. The van der Waals surface area contributed by atoms with Crippen molar-refractivity contribution in [1.82, 2.24) is 4.98 Å². The first-order chi connectivity index (χ1) is 13.8. The number of carbonyl (C=O) groups excluding carboxylic acids is 1. The smallest absolute Gasteiger partial charge is 0.354 e. The van der Waals surface area contributed by atoms with E-state index < -0.39 is 11.7 Å². The van der Waals surface area contributed by atoms with Gasteiger partial charge in [-0.3, -0.25) is 9.78 Å². The molecule has 1 N–H and O–H groups in total. The lowest BCUT2D eigenvalue weighted by Gasteiger charge is -2.22. The number of alkyl halides is 3. The Morgan fingerprint density at radius 2 is 1.83 bits per heavy atom. The second-order valence-corrected chi connectivity index (χ2v) is 6.52. The van der Waals surface area contributed by atoms with Gasteiger partial charge >= 0.3 is 6.18 Å². The number of amides is 1. The second-order valence-electron chi connectivity index (χ2n) is 6.52. The highest BCUT2D eigenvalue weighted by molar-refractivity contribution is 6.06. The summed E-state index contributed by atoms with van der Waals surface area (Å²) < 4.78 is 39.6. The summed E-state index contributed by atoms with van der Waals surface area (Å²) in [6, 6.07) is 14.2. The van der Waals surface area contributed by atoms with E-state index in [-0.39, 0.29) is 17.2 Å². The van der Waals surface area contributed by atoms with Crippen LogP contribution in [-0.2, 0) is 6.18 Å². The largest absolute Gasteiger partial charge is 0.418 e. The van der Waals surface area contributed by atoms with Crippen LogP contribution in [0.5, 0.6) is 0 Å². The van der Waals surface area contributed by atoms with Crippen molar-refractivity contribution >= 4 is 23.0 Å². The van der Waals surface area contributed by atoms with Crippen LogP contribution in [0, 0.1) is 6.92 Å².